The Morgan fingerprint density at radius 3 is 2.78 bits per heavy atom. The molecule has 2 atom stereocenters. The van der Waals surface area contributed by atoms with Gasteiger partial charge in [-0.2, -0.15) is 0 Å². The molecular weight excluding hydrogens is 230 g/mol. The van der Waals surface area contributed by atoms with Gasteiger partial charge in [-0.25, -0.2) is 0 Å². The number of aromatic hydroxyl groups is 1. The summed E-state index contributed by atoms with van der Waals surface area (Å²) in [5.41, 5.74) is 1.35. The maximum Gasteiger partial charge on any atom is 0.254 e. The molecular formula is C14H19NO3. The molecule has 1 aromatic rings. The maximum absolute atomic E-state index is 12.3. The predicted molar refractivity (Wildman–Crippen MR) is 68.5 cm³/mol. The predicted octanol–water partition coefficient (Wildman–Crippen LogP) is 1.54. The average molecular weight is 249 g/mol. The third kappa shape index (κ3) is 2.48. The van der Waals surface area contributed by atoms with Crippen molar-refractivity contribution >= 4 is 5.91 Å². The van der Waals surface area contributed by atoms with E-state index in [0.29, 0.717) is 18.7 Å². The molecule has 0 radical (unpaired) electrons. The number of likely N-dealkylation sites (tertiary alicyclic amines) is 1. The lowest BCUT2D eigenvalue weighted by Gasteiger charge is -2.34. The maximum atomic E-state index is 12.3. The number of piperidine rings is 1. The Morgan fingerprint density at radius 1 is 1.44 bits per heavy atom. The van der Waals surface area contributed by atoms with Gasteiger partial charge in [0, 0.05) is 18.7 Å². The van der Waals surface area contributed by atoms with Gasteiger partial charge in [0.2, 0.25) is 0 Å². The number of aliphatic hydroxyl groups excluding tert-OH is 1. The number of aliphatic hydroxyl groups is 1. The molecule has 1 aliphatic rings. The number of nitrogens with zero attached hydrogens (tertiary/aromatic N) is 1. The van der Waals surface area contributed by atoms with Crippen molar-refractivity contribution in [3.8, 4) is 5.75 Å². The standard InChI is InChI=1S/C14H19NO3/c1-9-5-6-15(8-13(9)17)14(18)12-4-3-11(16)7-10(12)2/h3-4,7,9,13,16-17H,5-6,8H2,1-2H3. The fraction of sp³-hybridized carbons (Fsp3) is 0.500. The smallest absolute Gasteiger partial charge is 0.254 e. The van der Waals surface area contributed by atoms with Gasteiger partial charge in [-0.15, -0.1) is 0 Å². The third-order valence-corrected chi connectivity index (χ3v) is 3.65. The lowest BCUT2D eigenvalue weighted by Crippen LogP contribution is -2.45. The molecule has 0 bridgehead atoms. The molecule has 1 aromatic carbocycles. The molecule has 4 heteroatoms. The number of hydrogen-bond donors (Lipinski definition) is 2. The van der Waals surface area contributed by atoms with E-state index in [0.717, 1.165) is 12.0 Å². The van der Waals surface area contributed by atoms with Crippen LogP contribution in [0.4, 0.5) is 0 Å². The molecule has 2 rings (SSSR count). The average Bonchev–Trinajstić information content (AvgIpc) is 2.32. The Bertz CT molecular complexity index is 458. The van der Waals surface area contributed by atoms with Crippen molar-refractivity contribution in [2.24, 2.45) is 5.92 Å². The first-order chi connectivity index (χ1) is 8.49. The van der Waals surface area contributed by atoms with Crippen molar-refractivity contribution in [2.75, 3.05) is 13.1 Å². The molecule has 0 aliphatic carbocycles. The Morgan fingerprint density at radius 2 is 2.17 bits per heavy atom. The van der Waals surface area contributed by atoms with E-state index in [4.69, 9.17) is 0 Å². The number of β-amino-alcohol motifs (C(OH)–C–C–N with tert-alkyl or cyclic N) is 1. The number of amides is 1. The number of carbonyl (C=O) groups excluding carboxylic acids is 1. The van der Waals surface area contributed by atoms with Crippen molar-refractivity contribution in [1.82, 2.24) is 4.90 Å². The first-order valence-corrected chi connectivity index (χ1v) is 6.26. The first-order valence-electron chi connectivity index (χ1n) is 6.26. The molecule has 0 aromatic heterocycles. The molecule has 1 aliphatic heterocycles. The van der Waals surface area contributed by atoms with Crippen molar-refractivity contribution in [1.29, 1.82) is 0 Å². The summed E-state index contributed by atoms with van der Waals surface area (Å²) in [4.78, 5) is 14.0. The van der Waals surface area contributed by atoms with E-state index in [1.54, 1.807) is 24.0 Å². The second-order valence-electron chi connectivity index (χ2n) is 5.08. The molecule has 98 valence electrons. The summed E-state index contributed by atoms with van der Waals surface area (Å²) < 4.78 is 0. The summed E-state index contributed by atoms with van der Waals surface area (Å²) in [5, 5.41) is 19.2. The monoisotopic (exact) mass is 249 g/mol. The highest BCUT2D eigenvalue weighted by Crippen LogP contribution is 2.22. The van der Waals surface area contributed by atoms with Gasteiger partial charge in [-0.1, -0.05) is 6.92 Å². The van der Waals surface area contributed by atoms with E-state index >= 15 is 0 Å². The van der Waals surface area contributed by atoms with Crippen LogP contribution in [0, 0.1) is 12.8 Å². The van der Waals surface area contributed by atoms with Crippen molar-refractivity contribution in [2.45, 2.75) is 26.4 Å². The molecule has 2 N–H and O–H groups in total. The van der Waals surface area contributed by atoms with Gasteiger partial charge in [0.25, 0.3) is 5.91 Å². The highest BCUT2D eigenvalue weighted by atomic mass is 16.3. The van der Waals surface area contributed by atoms with Crippen LogP contribution >= 0.6 is 0 Å². The summed E-state index contributed by atoms with van der Waals surface area (Å²) in [6.45, 7) is 4.87. The first kappa shape index (κ1) is 12.9. The van der Waals surface area contributed by atoms with Crippen LogP contribution in [-0.2, 0) is 0 Å². The number of aryl methyl sites for hydroxylation is 1. The molecule has 1 fully saturated rings. The molecule has 4 nitrogen and oxygen atoms in total. The van der Waals surface area contributed by atoms with E-state index in [-0.39, 0.29) is 17.6 Å². The number of benzene rings is 1. The van der Waals surface area contributed by atoms with Gasteiger partial charge < -0.3 is 15.1 Å². The van der Waals surface area contributed by atoms with Gasteiger partial charge in [0.05, 0.1) is 6.10 Å². The number of phenolic OH excluding ortho intramolecular Hbond substituents is 1. The molecule has 0 saturated carbocycles. The lowest BCUT2D eigenvalue weighted by molar-refractivity contribution is 0.0248. The van der Waals surface area contributed by atoms with Crippen LogP contribution in [0.15, 0.2) is 18.2 Å². The summed E-state index contributed by atoms with van der Waals surface area (Å²) in [7, 11) is 0. The Hall–Kier alpha value is -1.55. The number of phenols is 1. The van der Waals surface area contributed by atoms with Crippen LogP contribution in [0.5, 0.6) is 5.75 Å². The van der Waals surface area contributed by atoms with Crippen LogP contribution in [0.2, 0.25) is 0 Å². The molecule has 0 spiro atoms. The second-order valence-corrected chi connectivity index (χ2v) is 5.08. The number of hydrogen-bond acceptors (Lipinski definition) is 3. The van der Waals surface area contributed by atoms with Crippen molar-refractivity contribution in [3.05, 3.63) is 29.3 Å². The molecule has 1 saturated heterocycles. The van der Waals surface area contributed by atoms with Crippen LogP contribution in [0.3, 0.4) is 0 Å². The van der Waals surface area contributed by atoms with Gasteiger partial charge >= 0.3 is 0 Å². The summed E-state index contributed by atoms with van der Waals surface area (Å²) in [6, 6.07) is 4.73. The zero-order chi connectivity index (χ0) is 13.3. The highest BCUT2D eigenvalue weighted by molar-refractivity contribution is 5.95. The van der Waals surface area contributed by atoms with E-state index < -0.39 is 6.10 Å². The minimum atomic E-state index is -0.444. The fourth-order valence-electron chi connectivity index (χ4n) is 2.29. The fourth-order valence-corrected chi connectivity index (χ4v) is 2.29. The number of carbonyl (C=O) groups is 1. The largest absolute Gasteiger partial charge is 0.508 e. The minimum Gasteiger partial charge on any atom is -0.508 e. The van der Waals surface area contributed by atoms with E-state index in [9.17, 15) is 15.0 Å². The second kappa shape index (κ2) is 4.98. The topological polar surface area (TPSA) is 60.8 Å². The van der Waals surface area contributed by atoms with Crippen molar-refractivity contribution in [3.63, 3.8) is 0 Å². The van der Waals surface area contributed by atoms with Crippen LogP contribution in [-0.4, -0.2) is 40.2 Å². The Balaban J connectivity index is 2.16. The van der Waals surface area contributed by atoms with Gasteiger partial charge in [-0.3, -0.25) is 4.79 Å². The Labute approximate surface area is 107 Å². The Kier molecular flexibility index (Phi) is 3.57. The third-order valence-electron chi connectivity index (χ3n) is 3.65. The van der Waals surface area contributed by atoms with E-state index in [1.807, 2.05) is 6.92 Å². The highest BCUT2D eigenvalue weighted by Gasteiger charge is 2.28. The summed E-state index contributed by atoms with van der Waals surface area (Å²) in [5.74, 6) is 0.338. The SMILES string of the molecule is Cc1cc(O)ccc1C(=O)N1CCC(C)C(O)C1. The van der Waals surface area contributed by atoms with Crippen LogP contribution in [0.25, 0.3) is 0 Å². The normalized spacial score (nSPS) is 24.1. The number of rotatable bonds is 1. The zero-order valence-electron chi connectivity index (χ0n) is 10.8. The van der Waals surface area contributed by atoms with Crippen molar-refractivity contribution < 1.29 is 15.0 Å². The van der Waals surface area contributed by atoms with Gasteiger partial charge in [-0.05, 0) is 43.0 Å². The lowest BCUT2D eigenvalue weighted by atomic mass is 9.95. The van der Waals surface area contributed by atoms with Gasteiger partial charge in [0.1, 0.15) is 5.75 Å². The molecule has 18 heavy (non-hydrogen) atoms. The van der Waals surface area contributed by atoms with E-state index in [2.05, 4.69) is 0 Å². The van der Waals surface area contributed by atoms with Crippen LogP contribution < -0.4 is 0 Å². The van der Waals surface area contributed by atoms with Crippen LogP contribution in [0.1, 0.15) is 29.3 Å². The van der Waals surface area contributed by atoms with E-state index in [1.165, 1.54) is 6.07 Å². The zero-order valence-corrected chi connectivity index (χ0v) is 10.8. The molecule has 2 unspecified atom stereocenters. The molecule has 1 amide bonds. The summed E-state index contributed by atoms with van der Waals surface area (Å²) in [6.07, 6.45) is 0.379. The minimum absolute atomic E-state index is 0.0709. The molecule has 1 heterocycles. The van der Waals surface area contributed by atoms with Gasteiger partial charge in [0.15, 0.2) is 0 Å². The summed E-state index contributed by atoms with van der Waals surface area (Å²) >= 11 is 0. The quantitative estimate of drug-likeness (QED) is 0.793.